The Labute approximate surface area is 128 Å². The minimum Gasteiger partial charge on any atom is -0.339 e. The van der Waals surface area contributed by atoms with Crippen LogP contribution in [0.25, 0.3) is 0 Å². The van der Waals surface area contributed by atoms with Crippen LogP contribution >= 0.6 is 23.4 Å². The van der Waals surface area contributed by atoms with E-state index in [1.807, 2.05) is 4.90 Å². The first kappa shape index (κ1) is 15.6. The van der Waals surface area contributed by atoms with Crippen LogP contribution in [-0.2, 0) is 10.5 Å². The molecule has 0 radical (unpaired) electrons. The first-order valence-electron chi connectivity index (χ1n) is 6.89. The van der Waals surface area contributed by atoms with Crippen molar-refractivity contribution in [1.29, 1.82) is 0 Å². The molecule has 0 aliphatic carbocycles. The topological polar surface area (TPSA) is 20.3 Å². The van der Waals surface area contributed by atoms with Crippen LogP contribution in [0.1, 0.15) is 31.7 Å². The second kappa shape index (κ2) is 7.32. The molecular weight excluding hydrogens is 297 g/mol. The number of carbonyl (C=O) groups is 1. The molecule has 1 amide bonds. The standard InChI is InChI=1S/C15H19ClFNOS/c1-11-5-2-3-8-18(11)15(19)10-20-9-12-13(16)6-4-7-14(12)17/h4,6-7,11H,2-3,5,8-10H2,1H3. The molecule has 1 aliphatic heterocycles. The van der Waals surface area contributed by atoms with Crippen LogP contribution < -0.4 is 0 Å². The Hall–Kier alpha value is -0.740. The van der Waals surface area contributed by atoms with Gasteiger partial charge < -0.3 is 4.90 Å². The van der Waals surface area contributed by atoms with Gasteiger partial charge in [-0.1, -0.05) is 17.7 Å². The van der Waals surface area contributed by atoms with E-state index in [1.54, 1.807) is 12.1 Å². The lowest BCUT2D eigenvalue weighted by atomic mass is 10.0. The lowest BCUT2D eigenvalue weighted by molar-refractivity contribution is -0.131. The highest BCUT2D eigenvalue weighted by Crippen LogP contribution is 2.25. The van der Waals surface area contributed by atoms with E-state index in [0.29, 0.717) is 28.1 Å². The molecule has 0 bridgehead atoms. The van der Waals surface area contributed by atoms with Crippen LogP contribution in [0.4, 0.5) is 4.39 Å². The quantitative estimate of drug-likeness (QED) is 0.833. The number of piperidine rings is 1. The van der Waals surface area contributed by atoms with E-state index in [1.165, 1.54) is 24.2 Å². The lowest BCUT2D eigenvalue weighted by Crippen LogP contribution is -2.42. The number of likely N-dealkylation sites (tertiary alicyclic amines) is 1. The molecule has 1 unspecified atom stereocenters. The van der Waals surface area contributed by atoms with Crippen LogP contribution in [0.5, 0.6) is 0 Å². The van der Waals surface area contributed by atoms with Gasteiger partial charge in [0.1, 0.15) is 5.82 Å². The number of hydrogen-bond acceptors (Lipinski definition) is 2. The SMILES string of the molecule is CC1CCCCN1C(=O)CSCc1c(F)cccc1Cl. The number of benzene rings is 1. The molecule has 20 heavy (non-hydrogen) atoms. The van der Waals surface area contributed by atoms with E-state index >= 15 is 0 Å². The number of thioether (sulfide) groups is 1. The highest BCUT2D eigenvalue weighted by molar-refractivity contribution is 7.99. The maximum Gasteiger partial charge on any atom is 0.232 e. The highest BCUT2D eigenvalue weighted by Gasteiger charge is 2.22. The summed E-state index contributed by atoms with van der Waals surface area (Å²) in [7, 11) is 0. The predicted molar refractivity (Wildman–Crippen MR) is 82.6 cm³/mol. The second-order valence-corrected chi connectivity index (χ2v) is 6.52. The van der Waals surface area contributed by atoms with Crippen LogP contribution in [0.3, 0.4) is 0 Å². The molecule has 1 atom stereocenters. The van der Waals surface area contributed by atoms with E-state index < -0.39 is 0 Å². The first-order valence-corrected chi connectivity index (χ1v) is 8.43. The number of hydrogen-bond donors (Lipinski definition) is 0. The fourth-order valence-corrected chi connectivity index (χ4v) is 3.71. The Morgan fingerprint density at radius 1 is 1.50 bits per heavy atom. The molecule has 1 aliphatic rings. The molecule has 2 rings (SSSR count). The van der Waals surface area contributed by atoms with E-state index in [9.17, 15) is 9.18 Å². The number of rotatable bonds is 4. The molecule has 5 heteroatoms. The molecule has 2 nitrogen and oxygen atoms in total. The van der Waals surface area contributed by atoms with Gasteiger partial charge in [-0.05, 0) is 38.3 Å². The monoisotopic (exact) mass is 315 g/mol. The molecule has 110 valence electrons. The van der Waals surface area contributed by atoms with Crippen LogP contribution in [-0.4, -0.2) is 29.1 Å². The molecule has 1 heterocycles. The Morgan fingerprint density at radius 2 is 2.30 bits per heavy atom. The average molecular weight is 316 g/mol. The number of carbonyl (C=O) groups excluding carboxylic acids is 1. The summed E-state index contributed by atoms with van der Waals surface area (Å²) in [5, 5.41) is 0.427. The third-order valence-corrected chi connectivity index (χ3v) is 4.95. The van der Waals surface area contributed by atoms with Gasteiger partial charge in [0.05, 0.1) is 5.75 Å². The summed E-state index contributed by atoms with van der Waals surface area (Å²) in [5.41, 5.74) is 0.485. The smallest absolute Gasteiger partial charge is 0.232 e. The Balaban J connectivity index is 1.85. The minimum absolute atomic E-state index is 0.148. The fraction of sp³-hybridized carbons (Fsp3) is 0.533. The largest absolute Gasteiger partial charge is 0.339 e. The molecule has 0 aromatic heterocycles. The maximum absolute atomic E-state index is 13.6. The number of amides is 1. The average Bonchev–Trinajstić information content (AvgIpc) is 2.42. The van der Waals surface area contributed by atoms with Crippen LogP contribution in [0.15, 0.2) is 18.2 Å². The first-order chi connectivity index (χ1) is 9.59. The Kier molecular flexibility index (Phi) is 5.73. The van der Waals surface area contributed by atoms with Crippen molar-refractivity contribution in [1.82, 2.24) is 4.90 Å². The van der Waals surface area contributed by atoms with Crippen molar-refractivity contribution < 1.29 is 9.18 Å². The molecule has 0 N–H and O–H groups in total. The van der Waals surface area contributed by atoms with Crippen LogP contribution in [0, 0.1) is 5.82 Å². The minimum atomic E-state index is -0.302. The second-order valence-electron chi connectivity index (χ2n) is 5.12. The molecule has 1 fully saturated rings. The molecule has 0 saturated carbocycles. The summed E-state index contributed by atoms with van der Waals surface area (Å²) in [4.78, 5) is 14.1. The summed E-state index contributed by atoms with van der Waals surface area (Å²) in [5.74, 6) is 0.660. The van der Waals surface area contributed by atoms with Crippen molar-refractivity contribution in [2.75, 3.05) is 12.3 Å². The van der Waals surface area contributed by atoms with Crippen molar-refractivity contribution in [3.05, 3.63) is 34.6 Å². The molecular formula is C15H19ClFNOS. The van der Waals surface area contributed by atoms with Gasteiger partial charge in [-0.2, -0.15) is 0 Å². The highest BCUT2D eigenvalue weighted by atomic mass is 35.5. The zero-order chi connectivity index (χ0) is 14.5. The van der Waals surface area contributed by atoms with Crippen molar-refractivity contribution >= 4 is 29.3 Å². The predicted octanol–water partition coefficient (Wildman–Crippen LogP) is 4.11. The van der Waals surface area contributed by atoms with Gasteiger partial charge in [0.2, 0.25) is 5.91 Å². The van der Waals surface area contributed by atoms with E-state index in [0.717, 1.165) is 19.4 Å². The Morgan fingerprint density at radius 3 is 3.00 bits per heavy atom. The molecule has 1 aromatic rings. The van der Waals surface area contributed by atoms with Gasteiger partial charge in [-0.3, -0.25) is 4.79 Å². The van der Waals surface area contributed by atoms with Crippen molar-refractivity contribution in [3.8, 4) is 0 Å². The van der Waals surface area contributed by atoms with Gasteiger partial charge in [0.25, 0.3) is 0 Å². The van der Waals surface area contributed by atoms with Gasteiger partial charge in [-0.25, -0.2) is 4.39 Å². The molecule has 1 saturated heterocycles. The summed E-state index contributed by atoms with van der Waals surface area (Å²) >= 11 is 7.39. The summed E-state index contributed by atoms with van der Waals surface area (Å²) < 4.78 is 13.6. The number of halogens is 2. The normalized spacial score (nSPS) is 19.1. The van der Waals surface area contributed by atoms with Gasteiger partial charge in [0.15, 0.2) is 0 Å². The van der Waals surface area contributed by atoms with Crippen molar-refractivity contribution in [3.63, 3.8) is 0 Å². The maximum atomic E-state index is 13.6. The van der Waals surface area contributed by atoms with Crippen molar-refractivity contribution in [2.45, 2.75) is 38.0 Å². The third kappa shape index (κ3) is 3.89. The van der Waals surface area contributed by atoms with E-state index in [-0.39, 0.29) is 11.7 Å². The zero-order valence-corrected chi connectivity index (χ0v) is 13.1. The molecule has 0 spiro atoms. The van der Waals surface area contributed by atoms with Gasteiger partial charge in [-0.15, -0.1) is 11.8 Å². The zero-order valence-electron chi connectivity index (χ0n) is 11.6. The third-order valence-electron chi connectivity index (χ3n) is 3.66. The van der Waals surface area contributed by atoms with E-state index in [2.05, 4.69) is 6.92 Å². The summed E-state index contributed by atoms with van der Waals surface area (Å²) in [6.07, 6.45) is 3.36. The summed E-state index contributed by atoms with van der Waals surface area (Å²) in [6, 6.07) is 4.99. The Bertz CT molecular complexity index is 463. The van der Waals surface area contributed by atoms with Gasteiger partial charge >= 0.3 is 0 Å². The van der Waals surface area contributed by atoms with Gasteiger partial charge in [0, 0.05) is 28.9 Å². The summed E-state index contributed by atoms with van der Waals surface area (Å²) in [6.45, 7) is 2.94. The van der Waals surface area contributed by atoms with Crippen LogP contribution in [0.2, 0.25) is 5.02 Å². The molecule has 1 aromatic carbocycles. The fourth-order valence-electron chi connectivity index (χ4n) is 2.46. The lowest BCUT2D eigenvalue weighted by Gasteiger charge is -2.33. The van der Waals surface area contributed by atoms with Crippen molar-refractivity contribution in [2.24, 2.45) is 0 Å². The van der Waals surface area contributed by atoms with E-state index in [4.69, 9.17) is 11.6 Å². The number of nitrogens with zero attached hydrogens (tertiary/aromatic N) is 1.